The number of nitrogens with zero attached hydrogens (tertiary/aromatic N) is 1. The fourth-order valence-electron chi connectivity index (χ4n) is 4.51. The Bertz CT molecular complexity index is 1560. The summed E-state index contributed by atoms with van der Waals surface area (Å²) in [7, 11) is -3.71. The van der Waals surface area contributed by atoms with Gasteiger partial charge >= 0.3 is 12.1 Å². The van der Waals surface area contributed by atoms with Gasteiger partial charge in [-0.05, 0) is 93.6 Å². The van der Waals surface area contributed by atoms with E-state index < -0.39 is 33.6 Å². The van der Waals surface area contributed by atoms with Crippen LogP contribution in [0.25, 0.3) is 6.08 Å². The average Bonchev–Trinajstić information content (AvgIpc) is 2.94. The summed E-state index contributed by atoms with van der Waals surface area (Å²) in [5.41, 5.74) is 1.80. The van der Waals surface area contributed by atoms with Crippen molar-refractivity contribution in [2.24, 2.45) is 0 Å². The molecule has 0 saturated carbocycles. The van der Waals surface area contributed by atoms with Gasteiger partial charge in [-0.2, -0.15) is 0 Å². The maximum absolute atomic E-state index is 13.3. The fourth-order valence-corrected chi connectivity index (χ4v) is 6.10. The molecule has 44 heavy (non-hydrogen) atoms. The summed E-state index contributed by atoms with van der Waals surface area (Å²) in [6.07, 6.45) is 1.66. The number of aliphatic hydroxyl groups excluding tert-OH is 1. The molecule has 0 aliphatic heterocycles. The first-order chi connectivity index (χ1) is 20.7. The van der Waals surface area contributed by atoms with E-state index in [0.717, 1.165) is 5.56 Å². The Kier molecular flexibility index (Phi) is 12.2. The van der Waals surface area contributed by atoms with Crippen LogP contribution in [0.15, 0.2) is 83.8 Å². The number of sulfone groups is 1. The summed E-state index contributed by atoms with van der Waals surface area (Å²) in [5, 5.41) is 11.4. The van der Waals surface area contributed by atoms with Crippen LogP contribution >= 0.6 is 11.6 Å². The molecule has 10 heteroatoms. The predicted molar refractivity (Wildman–Crippen MR) is 172 cm³/mol. The number of hydrogen-bond donors (Lipinski definition) is 1. The van der Waals surface area contributed by atoms with Gasteiger partial charge in [-0.25, -0.2) is 18.0 Å². The number of aliphatic hydroxyl groups is 1. The Labute approximate surface area is 265 Å². The van der Waals surface area contributed by atoms with Crippen molar-refractivity contribution in [2.75, 3.05) is 13.2 Å². The molecule has 8 nitrogen and oxygen atoms in total. The highest BCUT2D eigenvalue weighted by atomic mass is 35.5. The zero-order valence-electron chi connectivity index (χ0n) is 25.7. The van der Waals surface area contributed by atoms with Crippen LogP contribution in [0.2, 0.25) is 5.02 Å². The van der Waals surface area contributed by atoms with Crippen LogP contribution in [-0.2, 0) is 36.3 Å². The second kappa shape index (κ2) is 15.4. The van der Waals surface area contributed by atoms with Crippen molar-refractivity contribution < 1.29 is 32.6 Å². The number of rotatable bonds is 12. The van der Waals surface area contributed by atoms with Gasteiger partial charge in [-0.3, -0.25) is 0 Å². The molecule has 0 aliphatic rings. The van der Waals surface area contributed by atoms with Crippen molar-refractivity contribution >= 4 is 39.6 Å². The van der Waals surface area contributed by atoms with E-state index >= 15 is 0 Å². The molecule has 0 aromatic heterocycles. The van der Waals surface area contributed by atoms with Gasteiger partial charge in [0.15, 0.2) is 9.84 Å². The zero-order chi connectivity index (χ0) is 32.5. The molecule has 0 saturated heterocycles. The van der Waals surface area contributed by atoms with E-state index in [1.54, 1.807) is 107 Å². The lowest BCUT2D eigenvalue weighted by Gasteiger charge is -2.33. The largest absolute Gasteiger partial charge is 0.463 e. The minimum atomic E-state index is -3.71. The maximum Gasteiger partial charge on any atom is 0.410 e. The summed E-state index contributed by atoms with van der Waals surface area (Å²) in [4.78, 5) is 26.5. The van der Waals surface area contributed by atoms with Crippen molar-refractivity contribution in [1.82, 2.24) is 4.90 Å². The molecule has 0 radical (unpaired) electrons. The standard InChI is InChI=1S/C34H40ClNO7S/c1-6-42-32(38)19-16-26-10-7-8-11-28(26)23-44(40,41)30-17-14-25(15-18-30)20-24(2)36(33(39)43-34(3,4)5)22-31(37)27-12-9-13-29(35)21-27/h7-19,21,24,31,37H,6,20,22-23H2,1-5H3/t24-,31+/m1/s1. The number of carbonyl (C=O) groups excluding carboxylic acids is 2. The molecule has 0 bridgehead atoms. The van der Waals surface area contributed by atoms with Crippen LogP contribution in [0.1, 0.15) is 63.0 Å². The van der Waals surface area contributed by atoms with E-state index in [0.29, 0.717) is 28.1 Å². The third kappa shape index (κ3) is 10.5. The number of amides is 1. The number of benzene rings is 3. The maximum atomic E-state index is 13.3. The predicted octanol–water partition coefficient (Wildman–Crippen LogP) is 6.79. The van der Waals surface area contributed by atoms with Gasteiger partial charge in [0, 0.05) is 17.1 Å². The second-order valence-corrected chi connectivity index (χ2v) is 13.9. The number of carbonyl (C=O) groups is 2. The molecule has 3 rings (SSSR count). The summed E-state index contributed by atoms with van der Waals surface area (Å²) < 4.78 is 37.2. The van der Waals surface area contributed by atoms with Crippen LogP contribution in [0, 0.1) is 0 Å². The molecule has 2 atom stereocenters. The Hall–Kier alpha value is -3.66. The van der Waals surface area contributed by atoms with E-state index in [-0.39, 0.29) is 29.8 Å². The van der Waals surface area contributed by atoms with Crippen LogP contribution in [-0.4, -0.2) is 55.3 Å². The lowest BCUT2D eigenvalue weighted by atomic mass is 10.0. The average molecular weight is 642 g/mol. The normalized spacial score (nSPS) is 13.3. The molecule has 0 spiro atoms. The van der Waals surface area contributed by atoms with Gasteiger partial charge < -0.3 is 19.5 Å². The summed E-state index contributed by atoms with van der Waals surface area (Å²) in [5.74, 6) is -0.751. The Morgan fingerprint density at radius 2 is 1.70 bits per heavy atom. The van der Waals surface area contributed by atoms with E-state index in [1.807, 2.05) is 6.92 Å². The molecule has 0 unspecified atom stereocenters. The molecule has 0 fully saturated rings. The summed E-state index contributed by atoms with van der Waals surface area (Å²) >= 11 is 6.10. The minimum Gasteiger partial charge on any atom is -0.463 e. The van der Waals surface area contributed by atoms with Crippen LogP contribution < -0.4 is 0 Å². The molecule has 236 valence electrons. The molecule has 1 amide bonds. The van der Waals surface area contributed by atoms with Gasteiger partial charge in [0.25, 0.3) is 0 Å². The number of ether oxygens (including phenoxy) is 2. The van der Waals surface area contributed by atoms with E-state index in [2.05, 4.69) is 0 Å². The summed E-state index contributed by atoms with van der Waals surface area (Å²) in [6, 6.07) is 19.9. The zero-order valence-corrected chi connectivity index (χ0v) is 27.3. The van der Waals surface area contributed by atoms with Crippen LogP contribution in [0.5, 0.6) is 0 Å². The number of esters is 1. The highest BCUT2D eigenvalue weighted by molar-refractivity contribution is 7.90. The first-order valence-electron chi connectivity index (χ1n) is 14.4. The quantitative estimate of drug-likeness (QED) is 0.171. The van der Waals surface area contributed by atoms with Gasteiger partial charge in [0.2, 0.25) is 0 Å². The van der Waals surface area contributed by atoms with Crippen LogP contribution in [0.3, 0.4) is 0 Å². The fraction of sp³-hybridized carbons (Fsp3) is 0.353. The number of halogens is 1. The van der Waals surface area contributed by atoms with E-state index in [1.165, 1.54) is 11.0 Å². The molecule has 0 heterocycles. The molecule has 1 N–H and O–H groups in total. The minimum absolute atomic E-state index is 0.0209. The second-order valence-electron chi connectivity index (χ2n) is 11.4. The summed E-state index contributed by atoms with van der Waals surface area (Å²) in [6.45, 7) is 9.10. The Morgan fingerprint density at radius 1 is 1.02 bits per heavy atom. The van der Waals surface area contributed by atoms with Crippen molar-refractivity contribution in [3.8, 4) is 0 Å². The first kappa shape index (κ1) is 34.8. The van der Waals surface area contributed by atoms with Gasteiger partial charge in [0.05, 0.1) is 29.9 Å². The van der Waals surface area contributed by atoms with Crippen molar-refractivity contribution in [3.63, 3.8) is 0 Å². The molecular weight excluding hydrogens is 602 g/mol. The van der Waals surface area contributed by atoms with Crippen molar-refractivity contribution in [2.45, 2.75) is 69.4 Å². The van der Waals surface area contributed by atoms with Crippen molar-refractivity contribution in [3.05, 3.63) is 106 Å². The topological polar surface area (TPSA) is 110 Å². The third-order valence-electron chi connectivity index (χ3n) is 6.66. The van der Waals surface area contributed by atoms with E-state index in [4.69, 9.17) is 21.1 Å². The SMILES string of the molecule is CCOC(=O)C=Cc1ccccc1CS(=O)(=O)c1ccc(C[C@@H](C)N(C[C@H](O)c2cccc(Cl)c2)C(=O)OC(C)(C)C)cc1. The Balaban J connectivity index is 1.77. The van der Waals surface area contributed by atoms with Gasteiger partial charge in [-0.15, -0.1) is 0 Å². The van der Waals surface area contributed by atoms with Crippen LogP contribution in [0.4, 0.5) is 4.79 Å². The monoisotopic (exact) mass is 641 g/mol. The molecule has 3 aromatic rings. The first-order valence-corrected chi connectivity index (χ1v) is 16.4. The van der Waals surface area contributed by atoms with E-state index in [9.17, 15) is 23.1 Å². The lowest BCUT2D eigenvalue weighted by Crippen LogP contribution is -2.45. The van der Waals surface area contributed by atoms with Gasteiger partial charge in [0.1, 0.15) is 5.60 Å². The third-order valence-corrected chi connectivity index (χ3v) is 8.58. The van der Waals surface area contributed by atoms with Gasteiger partial charge in [-0.1, -0.05) is 60.1 Å². The number of hydrogen-bond acceptors (Lipinski definition) is 7. The molecule has 0 aliphatic carbocycles. The highest BCUT2D eigenvalue weighted by Crippen LogP contribution is 2.24. The lowest BCUT2D eigenvalue weighted by molar-refractivity contribution is -0.137. The Morgan fingerprint density at radius 3 is 2.34 bits per heavy atom. The smallest absolute Gasteiger partial charge is 0.410 e. The molecule has 3 aromatic carbocycles. The van der Waals surface area contributed by atoms with Crippen molar-refractivity contribution in [1.29, 1.82) is 0 Å². The molecular formula is C34H40ClNO7S. The highest BCUT2D eigenvalue weighted by Gasteiger charge is 2.29.